The molecule has 1 aliphatic rings. The Hall–Kier alpha value is -1.49. The lowest BCUT2D eigenvalue weighted by Crippen LogP contribution is -2.41. The molecule has 1 saturated heterocycles. The number of pyridine rings is 1. The molecule has 1 fully saturated rings. The molecule has 4 nitrogen and oxygen atoms in total. The number of rotatable bonds is 3. The lowest BCUT2D eigenvalue weighted by molar-refractivity contribution is 0.0732. The zero-order valence-corrected chi connectivity index (χ0v) is 9.82. The number of likely N-dealkylation sites (N-methyl/N-ethyl adjacent to an activating group) is 1. The number of carbonyl (C=O) groups is 1. The van der Waals surface area contributed by atoms with Gasteiger partial charge in [0, 0.05) is 25.3 Å². The number of amides is 1. The third-order valence-electron chi connectivity index (χ3n) is 3.08. The maximum atomic E-state index is 13.5. The minimum absolute atomic E-state index is 0.114. The fourth-order valence-electron chi connectivity index (χ4n) is 2.25. The van der Waals surface area contributed by atoms with E-state index in [1.165, 1.54) is 12.3 Å². The van der Waals surface area contributed by atoms with Crippen LogP contribution in [0.5, 0.6) is 0 Å². The Labute approximate surface area is 99.8 Å². The lowest BCUT2D eigenvalue weighted by atomic mass is 10.2. The number of likely N-dealkylation sites (tertiary alicyclic amines) is 1. The monoisotopic (exact) mass is 237 g/mol. The first-order chi connectivity index (χ1) is 8.24. The van der Waals surface area contributed by atoms with Crippen LogP contribution in [0.4, 0.5) is 4.39 Å². The van der Waals surface area contributed by atoms with Crippen LogP contribution in [0.15, 0.2) is 18.5 Å². The molecular formula is C12H16FN3O. The molecule has 0 bridgehead atoms. The number of aromatic nitrogens is 1. The number of halogens is 1. The number of nitrogens with one attached hydrogen (secondary N) is 1. The second-order valence-corrected chi connectivity index (χ2v) is 4.21. The molecule has 0 spiro atoms. The van der Waals surface area contributed by atoms with Crippen molar-refractivity contribution in [2.45, 2.75) is 18.9 Å². The average molecular weight is 237 g/mol. The van der Waals surface area contributed by atoms with Crippen molar-refractivity contribution in [1.29, 1.82) is 0 Å². The predicted octanol–water partition coefficient (Wildman–Crippen LogP) is 1.04. The van der Waals surface area contributed by atoms with Crippen LogP contribution >= 0.6 is 0 Å². The maximum absolute atomic E-state index is 13.5. The van der Waals surface area contributed by atoms with Gasteiger partial charge in [-0.15, -0.1) is 0 Å². The van der Waals surface area contributed by atoms with Gasteiger partial charge in [-0.1, -0.05) is 0 Å². The molecule has 17 heavy (non-hydrogen) atoms. The lowest BCUT2D eigenvalue weighted by Gasteiger charge is -2.24. The van der Waals surface area contributed by atoms with Crippen LogP contribution in [-0.4, -0.2) is 42.0 Å². The van der Waals surface area contributed by atoms with Crippen molar-refractivity contribution in [3.05, 3.63) is 29.8 Å². The first kappa shape index (κ1) is 12.0. The second-order valence-electron chi connectivity index (χ2n) is 4.21. The molecule has 1 aromatic rings. The summed E-state index contributed by atoms with van der Waals surface area (Å²) >= 11 is 0. The van der Waals surface area contributed by atoms with Crippen LogP contribution < -0.4 is 5.32 Å². The minimum atomic E-state index is -0.549. The van der Waals surface area contributed by atoms with Gasteiger partial charge in [0.2, 0.25) is 0 Å². The quantitative estimate of drug-likeness (QED) is 0.854. The van der Waals surface area contributed by atoms with Crippen LogP contribution in [0.25, 0.3) is 0 Å². The molecule has 1 aliphatic heterocycles. The fourth-order valence-corrected chi connectivity index (χ4v) is 2.25. The van der Waals surface area contributed by atoms with Gasteiger partial charge in [0.1, 0.15) is 0 Å². The summed E-state index contributed by atoms with van der Waals surface area (Å²) in [5, 5.41) is 3.06. The highest BCUT2D eigenvalue weighted by molar-refractivity contribution is 5.94. The fraction of sp³-hybridized carbons (Fsp3) is 0.500. The van der Waals surface area contributed by atoms with Gasteiger partial charge in [0.15, 0.2) is 5.82 Å². The van der Waals surface area contributed by atoms with Gasteiger partial charge in [0.05, 0.1) is 11.8 Å². The molecule has 2 rings (SSSR count). The van der Waals surface area contributed by atoms with E-state index in [1.807, 2.05) is 7.05 Å². The Bertz CT molecular complexity index is 410. The molecule has 0 saturated carbocycles. The highest BCUT2D eigenvalue weighted by atomic mass is 19.1. The molecular weight excluding hydrogens is 221 g/mol. The predicted molar refractivity (Wildman–Crippen MR) is 62.2 cm³/mol. The molecule has 0 aliphatic carbocycles. The van der Waals surface area contributed by atoms with Crippen molar-refractivity contribution in [3.63, 3.8) is 0 Å². The topological polar surface area (TPSA) is 45.2 Å². The third-order valence-corrected chi connectivity index (χ3v) is 3.08. The molecule has 5 heteroatoms. The highest BCUT2D eigenvalue weighted by Crippen LogP contribution is 2.20. The summed E-state index contributed by atoms with van der Waals surface area (Å²) in [7, 11) is 1.86. The van der Waals surface area contributed by atoms with Gasteiger partial charge in [-0.25, -0.2) is 4.39 Å². The van der Waals surface area contributed by atoms with E-state index >= 15 is 0 Å². The molecule has 1 atom stereocenters. The molecule has 1 N–H and O–H groups in total. The smallest absolute Gasteiger partial charge is 0.257 e. The number of hydrogen-bond acceptors (Lipinski definition) is 3. The van der Waals surface area contributed by atoms with Crippen LogP contribution in [0.2, 0.25) is 0 Å². The van der Waals surface area contributed by atoms with Crippen molar-refractivity contribution in [3.8, 4) is 0 Å². The van der Waals surface area contributed by atoms with Crippen molar-refractivity contribution in [2.24, 2.45) is 0 Å². The Morgan fingerprint density at radius 3 is 3.24 bits per heavy atom. The van der Waals surface area contributed by atoms with Crippen LogP contribution in [0, 0.1) is 5.82 Å². The van der Waals surface area contributed by atoms with Crippen LogP contribution in [-0.2, 0) is 0 Å². The normalized spacial score (nSPS) is 19.6. The molecule has 2 heterocycles. The van der Waals surface area contributed by atoms with E-state index in [9.17, 15) is 9.18 Å². The van der Waals surface area contributed by atoms with Gasteiger partial charge < -0.3 is 10.2 Å². The summed E-state index contributed by atoms with van der Waals surface area (Å²) in [6, 6.07) is 1.60. The van der Waals surface area contributed by atoms with Gasteiger partial charge in [-0.05, 0) is 26.0 Å². The first-order valence-corrected chi connectivity index (χ1v) is 5.79. The molecule has 0 radical (unpaired) electrons. The van der Waals surface area contributed by atoms with Crippen LogP contribution in [0.1, 0.15) is 23.2 Å². The Balaban J connectivity index is 2.17. The summed E-state index contributed by atoms with van der Waals surface area (Å²) in [5.41, 5.74) is 0.114. The summed E-state index contributed by atoms with van der Waals surface area (Å²) in [6.45, 7) is 1.45. The maximum Gasteiger partial charge on any atom is 0.257 e. The second kappa shape index (κ2) is 5.23. The Morgan fingerprint density at radius 2 is 2.53 bits per heavy atom. The van der Waals surface area contributed by atoms with Crippen LogP contribution in [0.3, 0.4) is 0 Å². The average Bonchev–Trinajstić information content (AvgIpc) is 2.78. The Morgan fingerprint density at radius 1 is 1.71 bits per heavy atom. The van der Waals surface area contributed by atoms with Gasteiger partial charge in [0.25, 0.3) is 5.91 Å². The standard InChI is InChI=1S/C12H16FN3O/c1-14-7-9-3-2-6-16(9)12(17)10-4-5-15-8-11(10)13/h4-5,8-9,14H,2-3,6-7H2,1H3. The third kappa shape index (κ3) is 2.44. The largest absolute Gasteiger partial charge is 0.334 e. The van der Waals surface area contributed by atoms with E-state index in [-0.39, 0.29) is 17.5 Å². The van der Waals surface area contributed by atoms with Gasteiger partial charge in [-0.2, -0.15) is 0 Å². The zero-order valence-electron chi connectivity index (χ0n) is 9.82. The number of carbonyl (C=O) groups excluding carboxylic acids is 1. The summed E-state index contributed by atoms with van der Waals surface area (Å²) in [5.74, 6) is -0.782. The molecule has 1 amide bonds. The van der Waals surface area contributed by atoms with E-state index in [0.717, 1.165) is 25.6 Å². The number of nitrogens with zero attached hydrogens (tertiary/aromatic N) is 2. The van der Waals surface area contributed by atoms with E-state index in [2.05, 4.69) is 10.3 Å². The van der Waals surface area contributed by atoms with Crippen molar-refractivity contribution in [2.75, 3.05) is 20.1 Å². The molecule has 1 aromatic heterocycles. The van der Waals surface area contributed by atoms with Gasteiger partial charge in [-0.3, -0.25) is 9.78 Å². The van der Waals surface area contributed by atoms with Crippen molar-refractivity contribution in [1.82, 2.24) is 15.2 Å². The Kier molecular flexibility index (Phi) is 3.68. The zero-order chi connectivity index (χ0) is 12.3. The van der Waals surface area contributed by atoms with Crippen molar-refractivity contribution < 1.29 is 9.18 Å². The summed E-state index contributed by atoms with van der Waals surface area (Å²) in [4.78, 5) is 17.6. The minimum Gasteiger partial charge on any atom is -0.334 e. The molecule has 92 valence electrons. The van der Waals surface area contributed by atoms with Crippen molar-refractivity contribution >= 4 is 5.91 Å². The van der Waals surface area contributed by atoms with Gasteiger partial charge >= 0.3 is 0 Å². The SMILES string of the molecule is CNCC1CCCN1C(=O)c1ccncc1F. The first-order valence-electron chi connectivity index (χ1n) is 5.79. The summed E-state index contributed by atoms with van der Waals surface area (Å²) in [6.07, 6.45) is 4.47. The van der Waals surface area contributed by atoms with E-state index in [4.69, 9.17) is 0 Å². The van der Waals surface area contributed by atoms with E-state index < -0.39 is 5.82 Å². The number of hydrogen-bond donors (Lipinski definition) is 1. The summed E-state index contributed by atoms with van der Waals surface area (Å²) < 4.78 is 13.5. The molecule has 0 aromatic carbocycles. The van der Waals surface area contributed by atoms with E-state index in [1.54, 1.807) is 4.90 Å². The molecule has 1 unspecified atom stereocenters. The van der Waals surface area contributed by atoms with E-state index in [0.29, 0.717) is 6.54 Å². The highest BCUT2D eigenvalue weighted by Gasteiger charge is 2.29.